The standard InChI is InChI=1S/C15H24ClN3/c1-10(2)14-18-12(16)9-13(19-14)17-11-5-7-15(3,4)8-6-11/h9-11H,5-8H2,1-4H3,(H,17,18,19). The van der Waals surface area contributed by atoms with Gasteiger partial charge >= 0.3 is 0 Å². The van der Waals surface area contributed by atoms with Crippen molar-refractivity contribution in [2.24, 2.45) is 5.41 Å². The smallest absolute Gasteiger partial charge is 0.135 e. The highest BCUT2D eigenvalue weighted by molar-refractivity contribution is 6.29. The molecule has 0 atom stereocenters. The fourth-order valence-corrected chi connectivity index (χ4v) is 2.71. The third kappa shape index (κ3) is 4.07. The molecule has 1 fully saturated rings. The molecule has 4 heteroatoms. The van der Waals surface area contributed by atoms with Crippen LogP contribution in [0.25, 0.3) is 0 Å². The Balaban J connectivity index is 2.03. The summed E-state index contributed by atoms with van der Waals surface area (Å²) in [7, 11) is 0. The molecule has 2 rings (SSSR count). The molecular weight excluding hydrogens is 258 g/mol. The summed E-state index contributed by atoms with van der Waals surface area (Å²) >= 11 is 6.07. The van der Waals surface area contributed by atoms with Gasteiger partial charge in [0.2, 0.25) is 0 Å². The van der Waals surface area contributed by atoms with E-state index in [-0.39, 0.29) is 0 Å². The van der Waals surface area contributed by atoms with Crippen molar-refractivity contribution < 1.29 is 0 Å². The maximum Gasteiger partial charge on any atom is 0.135 e. The Hall–Kier alpha value is -0.830. The van der Waals surface area contributed by atoms with Crippen LogP contribution in [0.2, 0.25) is 5.15 Å². The minimum atomic E-state index is 0.296. The lowest BCUT2D eigenvalue weighted by Crippen LogP contribution is -2.30. The largest absolute Gasteiger partial charge is 0.367 e. The summed E-state index contributed by atoms with van der Waals surface area (Å²) in [5.74, 6) is 1.98. The summed E-state index contributed by atoms with van der Waals surface area (Å²) in [5, 5.41) is 4.04. The van der Waals surface area contributed by atoms with E-state index in [0.717, 1.165) is 11.6 Å². The van der Waals surface area contributed by atoms with Gasteiger partial charge in [0.15, 0.2) is 0 Å². The van der Waals surface area contributed by atoms with Crippen LogP contribution >= 0.6 is 11.6 Å². The van der Waals surface area contributed by atoms with E-state index in [1.54, 1.807) is 0 Å². The zero-order chi connectivity index (χ0) is 14.0. The molecule has 3 nitrogen and oxygen atoms in total. The third-order valence-corrected chi connectivity index (χ3v) is 4.11. The fourth-order valence-electron chi connectivity index (χ4n) is 2.52. The van der Waals surface area contributed by atoms with E-state index in [0.29, 0.717) is 22.5 Å². The van der Waals surface area contributed by atoms with Crippen LogP contribution in [0.5, 0.6) is 0 Å². The average molecular weight is 282 g/mol. The molecule has 1 heterocycles. The number of hydrogen-bond acceptors (Lipinski definition) is 3. The Labute approximate surface area is 121 Å². The Morgan fingerprint density at radius 2 is 1.89 bits per heavy atom. The summed E-state index contributed by atoms with van der Waals surface area (Å²) in [6.45, 7) is 8.86. The topological polar surface area (TPSA) is 37.8 Å². The first kappa shape index (κ1) is 14.6. The van der Waals surface area contributed by atoms with E-state index in [1.165, 1.54) is 25.7 Å². The second kappa shape index (κ2) is 5.66. The van der Waals surface area contributed by atoms with Crippen LogP contribution in [0.4, 0.5) is 5.82 Å². The summed E-state index contributed by atoms with van der Waals surface area (Å²) in [5.41, 5.74) is 0.491. The minimum absolute atomic E-state index is 0.296. The molecular formula is C15H24ClN3. The number of halogens is 1. The summed E-state index contributed by atoms with van der Waals surface area (Å²) in [6.07, 6.45) is 4.93. The lowest BCUT2D eigenvalue weighted by Gasteiger charge is -2.34. The molecule has 1 N–H and O–H groups in total. The SMILES string of the molecule is CC(C)c1nc(Cl)cc(NC2CCC(C)(C)CC2)n1. The van der Waals surface area contributed by atoms with Crippen molar-refractivity contribution in [3.8, 4) is 0 Å². The van der Waals surface area contributed by atoms with Gasteiger partial charge in [-0.25, -0.2) is 9.97 Å². The second-order valence-electron chi connectivity index (χ2n) is 6.67. The van der Waals surface area contributed by atoms with Gasteiger partial charge in [0.1, 0.15) is 16.8 Å². The Morgan fingerprint density at radius 3 is 2.47 bits per heavy atom. The predicted octanol–water partition coefficient (Wildman–Crippen LogP) is 4.63. The van der Waals surface area contributed by atoms with Gasteiger partial charge in [0.25, 0.3) is 0 Å². The van der Waals surface area contributed by atoms with Gasteiger partial charge in [-0.15, -0.1) is 0 Å². The summed E-state index contributed by atoms with van der Waals surface area (Å²) < 4.78 is 0. The van der Waals surface area contributed by atoms with E-state index in [2.05, 4.69) is 43.0 Å². The number of nitrogens with zero attached hydrogens (tertiary/aromatic N) is 2. The number of rotatable bonds is 3. The average Bonchev–Trinajstić information content (AvgIpc) is 2.31. The van der Waals surface area contributed by atoms with Crippen LogP contribution < -0.4 is 5.32 Å². The van der Waals surface area contributed by atoms with Gasteiger partial charge in [-0.05, 0) is 31.1 Å². The van der Waals surface area contributed by atoms with Gasteiger partial charge in [-0.2, -0.15) is 0 Å². The maximum atomic E-state index is 6.07. The highest BCUT2D eigenvalue weighted by Gasteiger charge is 2.26. The van der Waals surface area contributed by atoms with E-state index in [1.807, 2.05) is 6.07 Å². The first-order valence-electron chi connectivity index (χ1n) is 7.17. The van der Waals surface area contributed by atoms with Crippen LogP contribution in [0, 0.1) is 5.41 Å². The molecule has 0 aliphatic heterocycles. The zero-order valence-electron chi connectivity index (χ0n) is 12.3. The van der Waals surface area contributed by atoms with Crippen LogP contribution in [0.3, 0.4) is 0 Å². The summed E-state index contributed by atoms with van der Waals surface area (Å²) in [4.78, 5) is 8.82. The molecule has 0 unspecified atom stereocenters. The first-order valence-corrected chi connectivity index (χ1v) is 7.54. The van der Waals surface area contributed by atoms with Gasteiger partial charge in [0, 0.05) is 18.0 Å². The van der Waals surface area contributed by atoms with Gasteiger partial charge in [-0.3, -0.25) is 0 Å². The highest BCUT2D eigenvalue weighted by atomic mass is 35.5. The van der Waals surface area contributed by atoms with Crippen molar-refractivity contribution in [3.63, 3.8) is 0 Å². The molecule has 0 amide bonds. The maximum absolute atomic E-state index is 6.07. The van der Waals surface area contributed by atoms with Gasteiger partial charge in [0.05, 0.1) is 0 Å². The predicted molar refractivity (Wildman–Crippen MR) is 80.8 cm³/mol. The van der Waals surface area contributed by atoms with Crippen molar-refractivity contribution in [1.82, 2.24) is 9.97 Å². The third-order valence-electron chi connectivity index (χ3n) is 3.92. The quantitative estimate of drug-likeness (QED) is 0.821. The molecule has 1 aromatic rings. The molecule has 0 aromatic carbocycles. The first-order chi connectivity index (χ1) is 8.85. The van der Waals surface area contributed by atoms with E-state index in [9.17, 15) is 0 Å². The van der Waals surface area contributed by atoms with Crippen molar-refractivity contribution in [2.75, 3.05) is 5.32 Å². The van der Waals surface area contributed by atoms with E-state index < -0.39 is 0 Å². The number of aromatic nitrogens is 2. The summed E-state index contributed by atoms with van der Waals surface area (Å²) in [6, 6.07) is 2.34. The number of hydrogen-bond donors (Lipinski definition) is 1. The van der Waals surface area contributed by atoms with Crippen LogP contribution in [0.1, 0.15) is 65.1 Å². The minimum Gasteiger partial charge on any atom is -0.367 e. The zero-order valence-corrected chi connectivity index (χ0v) is 13.1. The lowest BCUT2D eigenvalue weighted by atomic mass is 9.75. The molecule has 106 valence electrons. The molecule has 1 aliphatic carbocycles. The Bertz CT molecular complexity index is 433. The highest BCUT2D eigenvalue weighted by Crippen LogP contribution is 2.36. The molecule has 0 saturated heterocycles. The van der Waals surface area contributed by atoms with Crippen LogP contribution in [-0.2, 0) is 0 Å². The second-order valence-corrected chi connectivity index (χ2v) is 7.06. The monoisotopic (exact) mass is 281 g/mol. The molecule has 19 heavy (non-hydrogen) atoms. The van der Waals surface area contributed by atoms with Crippen molar-refractivity contribution in [1.29, 1.82) is 0 Å². The Morgan fingerprint density at radius 1 is 1.26 bits per heavy atom. The molecule has 0 spiro atoms. The molecule has 0 bridgehead atoms. The van der Waals surface area contributed by atoms with E-state index >= 15 is 0 Å². The van der Waals surface area contributed by atoms with Crippen LogP contribution in [-0.4, -0.2) is 16.0 Å². The van der Waals surface area contributed by atoms with Crippen LogP contribution in [0.15, 0.2) is 6.07 Å². The number of anilines is 1. The van der Waals surface area contributed by atoms with Crippen molar-refractivity contribution in [2.45, 2.75) is 65.3 Å². The molecule has 1 aliphatic rings. The Kier molecular flexibility index (Phi) is 4.34. The fraction of sp³-hybridized carbons (Fsp3) is 0.733. The molecule has 1 saturated carbocycles. The van der Waals surface area contributed by atoms with Gasteiger partial charge in [-0.1, -0.05) is 39.3 Å². The van der Waals surface area contributed by atoms with Crippen molar-refractivity contribution in [3.05, 3.63) is 17.0 Å². The lowest BCUT2D eigenvalue weighted by molar-refractivity contribution is 0.232. The molecule has 1 aromatic heterocycles. The number of nitrogens with one attached hydrogen (secondary N) is 1. The molecule has 0 radical (unpaired) electrons. The van der Waals surface area contributed by atoms with E-state index in [4.69, 9.17) is 11.6 Å². The normalized spacial score (nSPS) is 19.7. The van der Waals surface area contributed by atoms with Crippen molar-refractivity contribution >= 4 is 17.4 Å². The van der Waals surface area contributed by atoms with Gasteiger partial charge < -0.3 is 5.32 Å².